The van der Waals surface area contributed by atoms with E-state index in [1.807, 2.05) is 0 Å². The summed E-state index contributed by atoms with van der Waals surface area (Å²) in [6.45, 7) is 5.44. The van der Waals surface area contributed by atoms with Crippen LogP contribution in [0.4, 0.5) is 11.4 Å². The van der Waals surface area contributed by atoms with Crippen molar-refractivity contribution in [1.82, 2.24) is 0 Å². The molecule has 132 valence electrons. The molecule has 0 aliphatic carbocycles. The molecular weight excluding hydrogens is 320 g/mol. The molecule has 6 nitrogen and oxygen atoms in total. The van der Waals surface area contributed by atoms with Crippen LogP contribution in [-0.2, 0) is 9.53 Å². The third-order valence-corrected chi connectivity index (χ3v) is 3.25. The number of rotatable bonds is 8. The third kappa shape index (κ3) is 6.10. The summed E-state index contributed by atoms with van der Waals surface area (Å²) in [4.78, 5) is 11.8. The topological polar surface area (TPSA) is 96.8 Å². The van der Waals surface area contributed by atoms with Gasteiger partial charge in [-0.25, -0.2) is 4.79 Å². The minimum atomic E-state index is -0.598. The first-order chi connectivity index (χ1) is 11.9. The molecule has 0 atom stereocenters. The molecule has 4 N–H and O–H groups in total. The molecule has 0 bridgehead atoms. The summed E-state index contributed by atoms with van der Waals surface area (Å²) in [5.74, 6) is 0.753. The fourth-order valence-corrected chi connectivity index (χ4v) is 1.87. The van der Waals surface area contributed by atoms with Crippen molar-refractivity contribution in [2.24, 2.45) is 0 Å². The molecule has 0 spiro atoms. The van der Waals surface area contributed by atoms with Crippen molar-refractivity contribution in [2.45, 2.75) is 13.0 Å². The molecule has 0 amide bonds. The normalized spacial score (nSPS) is 10.3. The minimum Gasteiger partial charge on any atom is -0.490 e. The molecule has 6 heteroatoms. The van der Waals surface area contributed by atoms with E-state index in [0.717, 1.165) is 0 Å². The van der Waals surface area contributed by atoms with Crippen LogP contribution < -0.4 is 20.9 Å². The van der Waals surface area contributed by atoms with Crippen LogP contribution in [0.3, 0.4) is 0 Å². The number of hydrogen-bond donors (Lipinski definition) is 2. The van der Waals surface area contributed by atoms with Gasteiger partial charge < -0.3 is 25.7 Å². The van der Waals surface area contributed by atoms with Gasteiger partial charge in [-0.3, -0.25) is 0 Å². The van der Waals surface area contributed by atoms with Crippen molar-refractivity contribution in [1.29, 1.82) is 0 Å². The van der Waals surface area contributed by atoms with Gasteiger partial charge >= 0.3 is 5.97 Å². The van der Waals surface area contributed by atoms with E-state index >= 15 is 0 Å². The molecule has 2 aromatic carbocycles. The lowest BCUT2D eigenvalue weighted by molar-refractivity contribution is -0.147. The Morgan fingerprint density at radius 1 is 0.920 bits per heavy atom. The van der Waals surface area contributed by atoms with Gasteiger partial charge in [-0.15, -0.1) is 0 Å². The summed E-state index contributed by atoms with van der Waals surface area (Å²) < 4.78 is 16.7. The molecule has 0 saturated heterocycles. The van der Waals surface area contributed by atoms with Crippen molar-refractivity contribution in [3.8, 4) is 11.5 Å². The van der Waals surface area contributed by atoms with Crippen LogP contribution in [0.15, 0.2) is 60.7 Å². The molecule has 2 rings (SSSR count). The molecule has 0 aliphatic heterocycles. The van der Waals surface area contributed by atoms with Crippen LogP contribution >= 0.6 is 0 Å². The molecule has 0 heterocycles. The number of esters is 1. The monoisotopic (exact) mass is 342 g/mol. The summed E-state index contributed by atoms with van der Waals surface area (Å²) in [5.41, 5.74) is 12.9. The Hall–Kier alpha value is -3.15. The number of anilines is 2. The smallest absolute Gasteiger partial charge is 0.333 e. The van der Waals surface area contributed by atoms with Crippen LogP contribution in [0.1, 0.15) is 6.92 Å². The summed E-state index contributed by atoms with van der Waals surface area (Å²) in [6.07, 6.45) is -0.598. The van der Waals surface area contributed by atoms with E-state index < -0.39 is 12.1 Å². The van der Waals surface area contributed by atoms with E-state index in [1.54, 1.807) is 55.5 Å². The number of nitrogens with two attached hydrogens (primary N) is 2. The van der Waals surface area contributed by atoms with E-state index in [4.69, 9.17) is 25.7 Å². The predicted molar refractivity (Wildman–Crippen MR) is 97.4 cm³/mol. The first-order valence-electron chi connectivity index (χ1n) is 7.77. The van der Waals surface area contributed by atoms with E-state index in [0.29, 0.717) is 28.4 Å². The molecule has 25 heavy (non-hydrogen) atoms. The Kier molecular flexibility index (Phi) is 6.28. The fourth-order valence-electron chi connectivity index (χ4n) is 1.87. The number of benzene rings is 2. The summed E-state index contributed by atoms with van der Waals surface area (Å²) in [7, 11) is 0. The Labute approximate surface area is 147 Å². The number of carbonyl (C=O) groups excluding carboxylic acids is 1. The summed E-state index contributed by atoms with van der Waals surface area (Å²) in [6, 6.07) is 13.9. The lowest BCUT2D eigenvalue weighted by Gasteiger charge is -2.19. The standard InChI is InChI=1S/C19H22N2O4/c1-13(2)19(22)25-18(11-23-16-7-3-14(20)4-8-16)12-24-17-9-5-15(21)6-10-17/h3-10,18H,1,11-12,20-21H2,2H3. The van der Waals surface area contributed by atoms with E-state index in [2.05, 4.69) is 6.58 Å². The van der Waals surface area contributed by atoms with Gasteiger partial charge in [-0.05, 0) is 55.5 Å². The summed E-state index contributed by atoms with van der Waals surface area (Å²) >= 11 is 0. The zero-order chi connectivity index (χ0) is 18.2. The highest BCUT2D eigenvalue weighted by atomic mass is 16.6. The van der Waals surface area contributed by atoms with Crippen molar-refractivity contribution >= 4 is 17.3 Å². The van der Waals surface area contributed by atoms with Crippen LogP contribution in [0, 0.1) is 0 Å². The SMILES string of the molecule is C=C(C)C(=O)OC(COc1ccc(N)cc1)COc1ccc(N)cc1. The van der Waals surface area contributed by atoms with Crippen molar-refractivity contribution in [3.05, 3.63) is 60.7 Å². The van der Waals surface area contributed by atoms with Gasteiger partial charge in [0.2, 0.25) is 0 Å². The second-order valence-electron chi connectivity index (χ2n) is 5.57. The quantitative estimate of drug-likeness (QED) is 0.435. The Morgan fingerprint density at radius 3 is 1.68 bits per heavy atom. The van der Waals surface area contributed by atoms with Gasteiger partial charge in [-0.1, -0.05) is 6.58 Å². The number of carbonyl (C=O) groups is 1. The average molecular weight is 342 g/mol. The molecule has 0 radical (unpaired) electrons. The maximum Gasteiger partial charge on any atom is 0.333 e. The fraction of sp³-hybridized carbons (Fsp3) is 0.211. The van der Waals surface area contributed by atoms with Crippen molar-refractivity contribution < 1.29 is 19.0 Å². The zero-order valence-electron chi connectivity index (χ0n) is 14.1. The average Bonchev–Trinajstić information content (AvgIpc) is 2.59. The molecule has 0 aliphatic rings. The highest BCUT2D eigenvalue weighted by Gasteiger charge is 2.17. The third-order valence-electron chi connectivity index (χ3n) is 3.25. The van der Waals surface area contributed by atoms with Gasteiger partial charge in [0, 0.05) is 16.9 Å². The number of ether oxygens (including phenoxy) is 3. The van der Waals surface area contributed by atoms with Gasteiger partial charge in [-0.2, -0.15) is 0 Å². The number of nitrogen functional groups attached to an aromatic ring is 2. The van der Waals surface area contributed by atoms with Crippen LogP contribution in [0.25, 0.3) is 0 Å². The first-order valence-corrected chi connectivity index (χ1v) is 7.77. The minimum absolute atomic E-state index is 0.137. The molecule has 2 aromatic rings. The number of hydrogen-bond acceptors (Lipinski definition) is 6. The Balaban J connectivity index is 1.96. The van der Waals surface area contributed by atoms with Gasteiger partial charge in [0.1, 0.15) is 24.7 Å². The summed E-state index contributed by atoms with van der Waals surface area (Å²) in [5, 5.41) is 0. The first kappa shape index (κ1) is 18.2. The van der Waals surface area contributed by atoms with Gasteiger partial charge in [0.15, 0.2) is 6.10 Å². The maximum absolute atomic E-state index is 11.8. The zero-order valence-corrected chi connectivity index (χ0v) is 14.1. The second kappa shape index (κ2) is 8.63. The van der Waals surface area contributed by atoms with Crippen molar-refractivity contribution in [2.75, 3.05) is 24.7 Å². The molecule has 0 unspecified atom stereocenters. The Bertz CT molecular complexity index is 662. The van der Waals surface area contributed by atoms with Gasteiger partial charge in [0.25, 0.3) is 0 Å². The van der Waals surface area contributed by atoms with Crippen LogP contribution in [-0.4, -0.2) is 25.3 Å². The highest BCUT2D eigenvalue weighted by molar-refractivity contribution is 5.87. The van der Waals surface area contributed by atoms with E-state index in [9.17, 15) is 4.79 Å². The Morgan fingerprint density at radius 2 is 1.32 bits per heavy atom. The van der Waals surface area contributed by atoms with Gasteiger partial charge in [0.05, 0.1) is 0 Å². The van der Waals surface area contributed by atoms with E-state index in [-0.39, 0.29) is 13.2 Å². The molecule has 0 saturated carbocycles. The maximum atomic E-state index is 11.8. The van der Waals surface area contributed by atoms with E-state index in [1.165, 1.54) is 0 Å². The molecule has 0 aromatic heterocycles. The largest absolute Gasteiger partial charge is 0.490 e. The second-order valence-corrected chi connectivity index (χ2v) is 5.57. The van der Waals surface area contributed by atoms with Crippen LogP contribution in [0.2, 0.25) is 0 Å². The molecule has 0 fully saturated rings. The lowest BCUT2D eigenvalue weighted by Crippen LogP contribution is -2.31. The lowest BCUT2D eigenvalue weighted by atomic mass is 10.3. The van der Waals surface area contributed by atoms with Crippen molar-refractivity contribution in [3.63, 3.8) is 0 Å². The highest BCUT2D eigenvalue weighted by Crippen LogP contribution is 2.16. The molecular formula is C19H22N2O4. The predicted octanol–water partition coefficient (Wildman–Crippen LogP) is 2.80. The van der Waals surface area contributed by atoms with Crippen LogP contribution in [0.5, 0.6) is 11.5 Å².